The van der Waals surface area contributed by atoms with E-state index in [1.165, 1.54) is 5.56 Å². The van der Waals surface area contributed by atoms with E-state index < -0.39 is 0 Å². The lowest BCUT2D eigenvalue weighted by molar-refractivity contribution is 0.668. The molecule has 0 bridgehead atoms. The topological polar surface area (TPSA) is 26.9 Å². The molecule has 2 rings (SSSR count). The fourth-order valence-electron chi connectivity index (χ4n) is 1.82. The van der Waals surface area contributed by atoms with Crippen LogP contribution in [0.15, 0.2) is 41.5 Å². The van der Waals surface area contributed by atoms with Gasteiger partial charge in [-0.15, -0.1) is 0 Å². The summed E-state index contributed by atoms with van der Waals surface area (Å²) in [5.74, 6) is 0. The normalized spacial score (nSPS) is 10.6. The molecule has 0 aliphatic carbocycles. The monoisotopic (exact) mass is 216 g/mol. The van der Waals surface area contributed by atoms with Gasteiger partial charge in [-0.05, 0) is 19.4 Å². The van der Waals surface area contributed by atoms with Crippen molar-refractivity contribution in [3.05, 3.63) is 58.3 Å². The summed E-state index contributed by atoms with van der Waals surface area (Å²) in [4.78, 5) is 11.8. The van der Waals surface area contributed by atoms with Crippen LogP contribution in [0.4, 0.5) is 0 Å². The molecule has 0 aliphatic rings. The van der Waals surface area contributed by atoms with E-state index in [1.54, 1.807) is 9.13 Å². The molecule has 0 radical (unpaired) electrons. The van der Waals surface area contributed by atoms with Crippen molar-refractivity contribution >= 4 is 0 Å². The number of hydrogen-bond donors (Lipinski definition) is 0. The molecule has 0 fully saturated rings. The number of hydrogen-bond acceptors (Lipinski definition) is 1. The number of nitrogens with zero attached hydrogens (tertiary/aromatic N) is 2. The van der Waals surface area contributed by atoms with Crippen LogP contribution in [-0.4, -0.2) is 9.13 Å². The van der Waals surface area contributed by atoms with E-state index in [-0.39, 0.29) is 5.69 Å². The average molecular weight is 216 g/mol. The molecule has 0 amide bonds. The lowest BCUT2D eigenvalue weighted by Gasteiger charge is -2.03. The predicted molar refractivity (Wildman–Crippen MR) is 64.6 cm³/mol. The Bertz CT molecular complexity index is 537. The van der Waals surface area contributed by atoms with Gasteiger partial charge in [0.05, 0.1) is 6.54 Å². The minimum Gasteiger partial charge on any atom is -0.300 e. The molecule has 0 aliphatic heterocycles. The van der Waals surface area contributed by atoms with Gasteiger partial charge in [-0.2, -0.15) is 0 Å². The van der Waals surface area contributed by atoms with E-state index >= 15 is 0 Å². The molecule has 3 nitrogen and oxygen atoms in total. The Morgan fingerprint density at radius 1 is 1.19 bits per heavy atom. The molecule has 1 aromatic carbocycles. The van der Waals surface area contributed by atoms with Gasteiger partial charge in [0.2, 0.25) is 0 Å². The van der Waals surface area contributed by atoms with Crippen LogP contribution >= 0.6 is 0 Å². The third-order valence-electron chi connectivity index (χ3n) is 2.69. The second kappa shape index (κ2) is 4.39. The van der Waals surface area contributed by atoms with Crippen molar-refractivity contribution in [3.63, 3.8) is 0 Å². The number of imidazole rings is 1. The average Bonchev–Trinajstić information content (AvgIpc) is 2.60. The van der Waals surface area contributed by atoms with Crippen molar-refractivity contribution in [2.45, 2.75) is 26.9 Å². The van der Waals surface area contributed by atoms with E-state index in [4.69, 9.17) is 0 Å². The van der Waals surface area contributed by atoms with Crippen LogP contribution < -0.4 is 5.69 Å². The van der Waals surface area contributed by atoms with Crippen LogP contribution in [-0.2, 0) is 13.1 Å². The Balaban J connectivity index is 2.27. The molecule has 0 saturated heterocycles. The summed E-state index contributed by atoms with van der Waals surface area (Å²) in [6.45, 7) is 5.40. The first-order valence-electron chi connectivity index (χ1n) is 5.52. The number of aromatic nitrogens is 2. The van der Waals surface area contributed by atoms with Gasteiger partial charge in [0, 0.05) is 18.9 Å². The predicted octanol–water partition coefficient (Wildman–Crippen LogP) is 2.03. The minimum atomic E-state index is 0.0593. The van der Waals surface area contributed by atoms with Gasteiger partial charge in [0.15, 0.2) is 0 Å². The van der Waals surface area contributed by atoms with E-state index in [9.17, 15) is 4.79 Å². The van der Waals surface area contributed by atoms with Crippen LogP contribution in [0.1, 0.15) is 18.1 Å². The Kier molecular flexibility index (Phi) is 2.95. The highest BCUT2D eigenvalue weighted by molar-refractivity contribution is 5.22. The Morgan fingerprint density at radius 2 is 1.94 bits per heavy atom. The third kappa shape index (κ3) is 2.08. The second-order valence-corrected chi connectivity index (χ2v) is 3.98. The maximum absolute atomic E-state index is 11.8. The molecule has 1 heterocycles. The summed E-state index contributed by atoms with van der Waals surface area (Å²) in [7, 11) is 0. The summed E-state index contributed by atoms with van der Waals surface area (Å²) in [6.07, 6.45) is 3.67. The smallest absolute Gasteiger partial charge is 0.300 e. The van der Waals surface area contributed by atoms with E-state index in [1.807, 2.05) is 31.5 Å². The number of rotatable bonds is 3. The molecule has 0 spiro atoms. The molecule has 0 saturated carbocycles. The molecule has 0 N–H and O–H groups in total. The first-order chi connectivity index (χ1) is 7.70. The van der Waals surface area contributed by atoms with Gasteiger partial charge >= 0.3 is 5.69 Å². The molecule has 16 heavy (non-hydrogen) atoms. The van der Waals surface area contributed by atoms with E-state index in [0.717, 1.165) is 12.1 Å². The minimum absolute atomic E-state index is 0.0593. The number of benzene rings is 1. The van der Waals surface area contributed by atoms with Gasteiger partial charge in [0.25, 0.3) is 0 Å². The van der Waals surface area contributed by atoms with Gasteiger partial charge in [-0.1, -0.05) is 29.8 Å². The van der Waals surface area contributed by atoms with Crippen LogP contribution in [0.25, 0.3) is 0 Å². The lowest BCUT2D eigenvalue weighted by Crippen LogP contribution is -2.23. The van der Waals surface area contributed by atoms with Gasteiger partial charge in [-0.25, -0.2) is 4.79 Å². The molecule has 3 heteroatoms. The van der Waals surface area contributed by atoms with E-state index in [2.05, 4.69) is 19.1 Å². The molecular weight excluding hydrogens is 200 g/mol. The molecule has 0 unspecified atom stereocenters. The zero-order valence-corrected chi connectivity index (χ0v) is 9.68. The quantitative estimate of drug-likeness (QED) is 0.771. The summed E-state index contributed by atoms with van der Waals surface area (Å²) < 4.78 is 3.44. The molecular formula is C13H16N2O. The van der Waals surface area contributed by atoms with Crippen LogP contribution in [0.5, 0.6) is 0 Å². The Labute approximate surface area is 95.0 Å². The van der Waals surface area contributed by atoms with Crippen molar-refractivity contribution in [2.75, 3.05) is 0 Å². The first kappa shape index (κ1) is 10.7. The zero-order valence-electron chi connectivity index (χ0n) is 9.68. The Hall–Kier alpha value is -1.77. The Morgan fingerprint density at radius 3 is 2.56 bits per heavy atom. The molecule has 84 valence electrons. The lowest BCUT2D eigenvalue weighted by atomic mass is 10.1. The molecule has 1 aromatic heterocycles. The van der Waals surface area contributed by atoms with Crippen LogP contribution in [0.2, 0.25) is 0 Å². The maximum Gasteiger partial charge on any atom is 0.328 e. The summed E-state index contributed by atoms with van der Waals surface area (Å²) in [5.41, 5.74) is 2.44. The highest BCUT2D eigenvalue weighted by Gasteiger charge is 2.02. The van der Waals surface area contributed by atoms with Crippen molar-refractivity contribution in [2.24, 2.45) is 0 Å². The van der Waals surface area contributed by atoms with Crippen LogP contribution in [0, 0.1) is 6.92 Å². The first-order valence-corrected chi connectivity index (χ1v) is 5.52. The van der Waals surface area contributed by atoms with E-state index in [0.29, 0.717) is 6.54 Å². The highest BCUT2D eigenvalue weighted by atomic mass is 16.1. The maximum atomic E-state index is 11.8. The highest BCUT2D eigenvalue weighted by Crippen LogP contribution is 2.05. The van der Waals surface area contributed by atoms with Crippen molar-refractivity contribution in [1.82, 2.24) is 9.13 Å². The van der Waals surface area contributed by atoms with Crippen LogP contribution in [0.3, 0.4) is 0 Å². The standard InChI is InChI=1S/C13H16N2O/c1-3-14-7-8-15(13(14)16)10-12-6-4-5-11(2)9-12/h4-9H,3,10H2,1-2H3. The SMILES string of the molecule is CCn1ccn(Cc2cccc(C)c2)c1=O. The summed E-state index contributed by atoms with van der Waals surface area (Å²) in [6, 6.07) is 8.23. The second-order valence-electron chi connectivity index (χ2n) is 3.98. The van der Waals surface area contributed by atoms with Crippen molar-refractivity contribution < 1.29 is 0 Å². The summed E-state index contributed by atoms with van der Waals surface area (Å²) in [5, 5.41) is 0. The molecule has 0 atom stereocenters. The molecule has 2 aromatic rings. The fraction of sp³-hybridized carbons (Fsp3) is 0.308. The fourth-order valence-corrected chi connectivity index (χ4v) is 1.82. The third-order valence-corrected chi connectivity index (χ3v) is 2.69. The van der Waals surface area contributed by atoms with Gasteiger partial charge in [-0.3, -0.25) is 9.13 Å². The zero-order chi connectivity index (χ0) is 11.5. The van der Waals surface area contributed by atoms with Gasteiger partial charge in [0.1, 0.15) is 0 Å². The summed E-state index contributed by atoms with van der Waals surface area (Å²) >= 11 is 0. The van der Waals surface area contributed by atoms with Crippen molar-refractivity contribution in [1.29, 1.82) is 0 Å². The number of aryl methyl sites for hydroxylation is 2. The van der Waals surface area contributed by atoms with Gasteiger partial charge < -0.3 is 0 Å². The van der Waals surface area contributed by atoms with Crippen molar-refractivity contribution in [3.8, 4) is 0 Å². The largest absolute Gasteiger partial charge is 0.328 e.